The van der Waals surface area contributed by atoms with E-state index < -0.39 is 0 Å². The van der Waals surface area contributed by atoms with E-state index in [4.69, 9.17) is 9.47 Å². The summed E-state index contributed by atoms with van der Waals surface area (Å²) in [5.41, 5.74) is -0.182. The molecule has 0 fully saturated rings. The SMILES string of the molecule is C=CCCC1(OCOC)C=CC=CC1. The van der Waals surface area contributed by atoms with E-state index >= 15 is 0 Å². The van der Waals surface area contributed by atoms with E-state index in [1.807, 2.05) is 18.2 Å². The number of methoxy groups -OCH3 is 1. The van der Waals surface area contributed by atoms with Crippen molar-refractivity contribution in [2.75, 3.05) is 13.9 Å². The van der Waals surface area contributed by atoms with Crippen molar-refractivity contribution in [3.8, 4) is 0 Å². The van der Waals surface area contributed by atoms with Crippen molar-refractivity contribution in [1.29, 1.82) is 0 Å². The molecule has 0 aromatic rings. The van der Waals surface area contributed by atoms with Crippen molar-refractivity contribution < 1.29 is 9.47 Å². The van der Waals surface area contributed by atoms with E-state index in [2.05, 4.69) is 18.7 Å². The molecule has 0 radical (unpaired) electrons. The molecule has 0 spiro atoms. The second kappa shape index (κ2) is 5.78. The molecule has 0 saturated heterocycles. The summed E-state index contributed by atoms with van der Waals surface area (Å²) in [4.78, 5) is 0. The van der Waals surface area contributed by atoms with Gasteiger partial charge in [-0.25, -0.2) is 0 Å². The fraction of sp³-hybridized carbons (Fsp3) is 0.500. The summed E-state index contributed by atoms with van der Waals surface area (Å²) in [6.07, 6.45) is 13.1. The summed E-state index contributed by atoms with van der Waals surface area (Å²) < 4.78 is 10.7. The minimum atomic E-state index is -0.182. The van der Waals surface area contributed by atoms with Crippen molar-refractivity contribution in [1.82, 2.24) is 0 Å². The van der Waals surface area contributed by atoms with Gasteiger partial charge in [-0.15, -0.1) is 6.58 Å². The zero-order chi connectivity index (χ0) is 10.3. The lowest BCUT2D eigenvalue weighted by Crippen LogP contribution is -2.31. The predicted molar refractivity (Wildman–Crippen MR) is 58.0 cm³/mol. The second-order valence-electron chi connectivity index (χ2n) is 3.43. The van der Waals surface area contributed by atoms with E-state index in [1.54, 1.807) is 7.11 Å². The van der Waals surface area contributed by atoms with Gasteiger partial charge in [-0.3, -0.25) is 0 Å². The number of ether oxygens (including phenoxy) is 2. The van der Waals surface area contributed by atoms with E-state index in [0.29, 0.717) is 6.79 Å². The normalized spacial score (nSPS) is 25.2. The smallest absolute Gasteiger partial charge is 0.147 e. The molecule has 0 aromatic carbocycles. The van der Waals surface area contributed by atoms with Gasteiger partial charge in [0.15, 0.2) is 0 Å². The van der Waals surface area contributed by atoms with Crippen molar-refractivity contribution in [3.05, 3.63) is 37.0 Å². The molecule has 1 unspecified atom stereocenters. The van der Waals surface area contributed by atoms with Crippen LogP contribution in [-0.2, 0) is 9.47 Å². The third kappa shape index (κ3) is 3.13. The van der Waals surface area contributed by atoms with E-state index in [-0.39, 0.29) is 5.60 Å². The molecule has 1 aliphatic carbocycles. The minimum Gasteiger partial charge on any atom is -0.359 e. The molecule has 0 saturated carbocycles. The Balaban J connectivity index is 2.54. The summed E-state index contributed by atoms with van der Waals surface area (Å²) in [7, 11) is 1.64. The fourth-order valence-electron chi connectivity index (χ4n) is 1.53. The highest BCUT2D eigenvalue weighted by Crippen LogP contribution is 2.27. The first kappa shape index (κ1) is 11.2. The Morgan fingerprint density at radius 2 is 2.36 bits per heavy atom. The highest BCUT2D eigenvalue weighted by Gasteiger charge is 2.26. The first-order valence-corrected chi connectivity index (χ1v) is 4.91. The summed E-state index contributed by atoms with van der Waals surface area (Å²) in [5, 5.41) is 0. The molecular weight excluding hydrogens is 176 g/mol. The molecule has 0 N–H and O–H groups in total. The summed E-state index contributed by atoms with van der Waals surface area (Å²) in [6, 6.07) is 0. The van der Waals surface area contributed by atoms with Gasteiger partial charge in [0.05, 0.1) is 5.60 Å². The average Bonchev–Trinajstić information content (AvgIpc) is 2.25. The van der Waals surface area contributed by atoms with E-state index in [0.717, 1.165) is 19.3 Å². The molecular formula is C12H18O2. The summed E-state index contributed by atoms with van der Waals surface area (Å²) in [5.74, 6) is 0. The Bertz CT molecular complexity index is 230. The molecule has 0 heterocycles. The molecule has 2 nitrogen and oxygen atoms in total. The van der Waals surface area contributed by atoms with E-state index in [9.17, 15) is 0 Å². The second-order valence-corrected chi connectivity index (χ2v) is 3.43. The average molecular weight is 194 g/mol. The van der Waals surface area contributed by atoms with E-state index in [1.165, 1.54) is 0 Å². The van der Waals surface area contributed by atoms with Crippen LogP contribution in [0.1, 0.15) is 19.3 Å². The molecule has 0 aromatic heterocycles. The Hall–Kier alpha value is -0.860. The molecule has 0 bridgehead atoms. The fourth-order valence-corrected chi connectivity index (χ4v) is 1.53. The number of hydrogen-bond acceptors (Lipinski definition) is 2. The first-order valence-electron chi connectivity index (χ1n) is 4.91. The highest BCUT2D eigenvalue weighted by molar-refractivity contribution is 5.18. The van der Waals surface area contributed by atoms with Crippen LogP contribution in [0.3, 0.4) is 0 Å². The third-order valence-electron chi connectivity index (χ3n) is 2.35. The lowest BCUT2D eigenvalue weighted by Gasteiger charge is -2.30. The topological polar surface area (TPSA) is 18.5 Å². The van der Waals surface area contributed by atoms with Gasteiger partial charge < -0.3 is 9.47 Å². The molecule has 2 heteroatoms. The van der Waals surface area contributed by atoms with Gasteiger partial charge >= 0.3 is 0 Å². The third-order valence-corrected chi connectivity index (χ3v) is 2.35. The van der Waals surface area contributed by atoms with Gasteiger partial charge in [0, 0.05) is 7.11 Å². The van der Waals surface area contributed by atoms with Crippen LogP contribution in [0.4, 0.5) is 0 Å². The van der Waals surface area contributed by atoms with Crippen LogP contribution in [0.2, 0.25) is 0 Å². The zero-order valence-electron chi connectivity index (χ0n) is 8.74. The van der Waals surface area contributed by atoms with Crippen molar-refractivity contribution >= 4 is 0 Å². The minimum absolute atomic E-state index is 0.182. The molecule has 78 valence electrons. The van der Waals surface area contributed by atoms with Crippen molar-refractivity contribution in [2.24, 2.45) is 0 Å². The van der Waals surface area contributed by atoms with Crippen molar-refractivity contribution in [3.63, 3.8) is 0 Å². The Labute approximate surface area is 85.9 Å². The zero-order valence-corrected chi connectivity index (χ0v) is 8.74. The van der Waals surface area contributed by atoms with Crippen molar-refractivity contribution in [2.45, 2.75) is 24.9 Å². The maximum Gasteiger partial charge on any atom is 0.147 e. The Kier molecular flexibility index (Phi) is 4.63. The van der Waals surface area contributed by atoms with Gasteiger partial charge in [-0.1, -0.05) is 30.4 Å². The molecule has 1 rings (SSSR count). The summed E-state index contributed by atoms with van der Waals surface area (Å²) in [6.45, 7) is 4.07. The Morgan fingerprint density at radius 1 is 1.50 bits per heavy atom. The van der Waals surface area contributed by atoms with Crippen LogP contribution in [0.15, 0.2) is 37.0 Å². The number of allylic oxidation sites excluding steroid dienone is 3. The van der Waals surface area contributed by atoms with Gasteiger partial charge in [0.2, 0.25) is 0 Å². The van der Waals surface area contributed by atoms with Gasteiger partial charge in [-0.2, -0.15) is 0 Å². The van der Waals surface area contributed by atoms with Crippen LogP contribution >= 0.6 is 0 Å². The predicted octanol–water partition coefficient (Wildman–Crippen LogP) is 2.83. The van der Waals surface area contributed by atoms with Gasteiger partial charge in [0.25, 0.3) is 0 Å². The van der Waals surface area contributed by atoms with Gasteiger partial charge in [-0.05, 0) is 19.3 Å². The van der Waals surface area contributed by atoms with Gasteiger partial charge in [0.1, 0.15) is 6.79 Å². The number of rotatable bonds is 6. The highest BCUT2D eigenvalue weighted by atomic mass is 16.7. The lowest BCUT2D eigenvalue weighted by atomic mass is 9.90. The summed E-state index contributed by atoms with van der Waals surface area (Å²) >= 11 is 0. The standard InChI is InChI=1S/C12H18O2/c1-3-4-8-12(14-11-13-2)9-6-5-7-10-12/h3,5-7,9H,1,4,8,10-11H2,2H3. The molecule has 0 amide bonds. The van der Waals surface area contributed by atoms with Crippen LogP contribution in [-0.4, -0.2) is 19.5 Å². The first-order chi connectivity index (χ1) is 6.83. The maximum absolute atomic E-state index is 5.71. The molecule has 1 atom stereocenters. The van der Waals surface area contributed by atoms with Crippen LogP contribution in [0, 0.1) is 0 Å². The monoisotopic (exact) mass is 194 g/mol. The van der Waals surface area contributed by atoms with Crippen LogP contribution in [0.5, 0.6) is 0 Å². The quantitative estimate of drug-likeness (QED) is 0.478. The maximum atomic E-state index is 5.71. The largest absolute Gasteiger partial charge is 0.359 e. The lowest BCUT2D eigenvalue weighted by molar-refractivity contribution is -0.110. The molecule has 14 heavy (non-hydrogen) atoms. The molecule has 1 aliphatic rings. The number of hydrogen-bond donors (Lipinski definition) is 0. The van der Waals surface area contributed by atoms with Crippen LogP contribution < -0.4 is 0 Å². The molecule has 0 aliphatic heterocycles. The Morgan fingerprint density at radius 3 is 2.93 bits per heavy atom. The van der Waals surface area contributed by atoms with Crippen LogP contribution in [0.25, 0.3) is 0 Å².